The van der Waals surface area contributed by atoms with Crippen LogP contribution in [0.15, 0.2) is 34.1 Å². The van der Waals surface area contributed by atoms with Crippen molar-refractivity contribution in [2.45, 2.75) is 23.4 Å². The molecule has 6 nitrogen and oxygen atoms in total. The number of anilines is 2. The summed E-state index contributed by atoms with van der Waals surface area (Å²) < 4.78 is 0.763. The minimum Gasteiger partial charge on any atom is -0.326 e. The number of carbonyl (C=O) groups excluding carboxylic acids is 2. The number of benzene rings is 1. The predicted molar refractivity (Wildman–Crippen MR) is 84.6 cm³/mol. The van der Waals surface area contributed by atoms with Crippen LogP contribution in [0.3, 0.4) is 0 Å². The Kier molecular flexibility index (Phi) is 5.29. The van der Waals surface area contributed by atoms with Crippen LogP contribution in [0.1, 0.15) is 13.8 Å². The topological polar surface area (TPSA) is 84.0 Å². The van der Waals surface area contributed by atoms with Crippen molar-refractivity contribution in [1.82, 2.24) is 10.2 Å². The van der Waals surface area contributed by atoms with Gasteiger partial charge in [-0.1, -0.05) is 23.1 Å². The number of rotatable bonds is 5. The van der Waals surface area contributed by atoms with Gasteiger partial charge < -0.3 is 10.6 Å². The smallest absolute Gasteiger partial charge is 0.237 e. The maximum absolute atomic E-state index is 12.1. The van der Waals surface area contributed by atoms with Crippen molar-refractivity contribution < 1.29 is 9.59 Å². The zero-order valence-electron chi connectivity index (χ0n) is 11.5. The maximum Gasteiger partial charge on any atom is 0.237 e. The fourth-order valence-electron chi connectivity index (χ4n) is 1.50. The summed E-state index contributed by atoms with van der Waals surface area (Å²) in [6, 6.07) is 6.95. The molecule has 0 aliphatic carbocycles. The van der Waals surface area contributed by atoms with Crippen molar-refractivity contribution >= 4 is 46.3 Å². The van der Waals surface area contributed by atoms with Crippen LogP contribution in [0, 0.1) is 0 Å². The molecule has 0 aliphatic heterocycles. The Hall–Kier alpha value is -1.93. The number of hydrogen-bond acceptors (Lipinski definition) is 6. The number of aromatic nitrogens is 2. The minimum atomic E-state index is -0.270. The van der Waals surface area contributed by atoms with Crippen molar-refractivity contribution in [3.63, 3.8) is 0 Å². The number of carbonyl (C=O) groups is 2. The second-order valence-electron chi connectivity index (χ2n) is 4.21. The average Bonchev–Trinajstić information content (AvgIpc) is 2.93. The van der Waals surface area contributed by atoms with Crippen molar-refractivity contribution in [3.8, 4) is 0 Å². The molecule has 0 fully saturated rings. The first kappa shape index (κ1) is 15.5. The highest BCUT2D eigenvalue weighted by molar-refractivity contribution is 8.02. The third-order valence-electron chi connectivity index (χ3n) is 2.46. The standard InChI is InChI=1S/C13H14N4O2S2/c1-8(21-13-17-14-7-20-13)12(19)16-11-5-3-10(4-6-11)15-9(2)18/h3-8H,1-2H3,(H,15,18)(H,16,19)/t8-/m0/s1. The highest BCUT2D eigenvalue weighted by Gasteiger charge is 2.16. The third kappa shape index (κ3) is 4.83. The molecular weight excluding hydrogens is 308 g/mol. The molecule has 1 atom stereocenters. The van der Waals surface area contributed by atoms with Crippen LogP contribution < -0.4 is 10.6 Å². The molecule has 21 heavy (non-hydrogen) atoms. The van der Waals surface area contributed by atoms with Crippen LogP contribution in [0.2, 0.25) is 0 Å². The molecule has 2 rings (SSSR count). The molecule has 1 heterocycles. The Labute approximate surface area is 130 Å². The highest BCUT2D eigenvalue weighted by atomic mass is 32.2. The lowest BCUT2D eigenvalue weighted by atomic mass is 10.2. The van der Waals surface area contributed by atoms with Gasteiger partial charge in [0, 0.05) is 18.3 Å². The second-order valence-corrected chi connectivity index (χ2v) is 6.63. The van der Waals surface area contributed by atoms with Gasteiger partial charge >= 0.3 is 0 Å². The molecule has 1 aromatic carbocycles. The third-order valence-corrected chi connectivity index (χ3v) is 4.37. The van der Waals surface area contributed by atoms with E-state index in [0.29, 0.717) is 11.4 Å². The van der Waals surface area contributed by atoms with E-state index in [1.807, 2.05) is 6.92 Å². The summed E-state index contributed by atoms with van der Waals surface area (Å²) in [5, 5.41) is 12.8. The zero-order chi connectivity index (χ0) is 15.2. The quantitative estimate of drug-likeness (QED) is 0.827. The lowest BCUT2D eigenvalue weighted by Gasteiger charge is -2.10. The van der Waals surface area contributed by atoms with Gasteiger partial charge in [-0.15, -0.1) is 10.2 Å². The van der Waals surface area contributed by atoms with Gasteiger partial charge in [-0.05, 0) is 31.2 Å². The maximum atomic E-state index is 12.1. The predicted octanol–water partition coefficient (Wildman–Crippen LogP) is 2.62. The van der Waals surface area contributed by atoms with Gasteiger partial charge in [0.05, 0.1) is 5.25 Å². The largest absolute Gasteiger partial charge is 0.326 e. The molecule has 0 saturated carbocycles. The van der Waals surface area contributed by atoms with E-state index < -0.39 is 0 Å². The molecule has 2 N–H and O–H groups in total. The molecule has 0 radical (unpaired) electrons. The van der Waals surface area contributed by atoms with Crippen molar-refractivity contribution in [3.05, 3.63) is 29.8 Å². The molecular formula is C13H14N4O2S2. The fraction of sp³-hybridized carbons (Fsp3) is 0.231. The number of hydrogen-bond donors (Lipinski definition) is 2. The van der Waals surface area contributed by atoms with Gasteiger partial charge in [0.25, 0.3) is 0 Å². The molecule has 1 aromatic heterocycles. The highest BCUT2D eigenvalue weighted by Crippen LogP contribution is 2.25. The molecule has 2 aromatic rings. The number of nitrogens with one attached hydrogen (secondary N) is 2. The summed E-state index contributed by atoms with van der Waals surface area (Å²) in [4.78, 5) is 23.0. The molecule has 0 bridgehead atoms. The van der Waals surface area contributed by atoms with E-state index in [4.69, 9.17) is 0 Å². The van der Waals surface area contributed by atoms with E-state index in [0.717, 1.165) is 4.34 Å². The molecule has 0 saturated heterocycles. The summed E-state index contributed by atoms with van der Waals surface area (Å²) >= 11 is 2.77. The Bertz CT molecular complexity index is 614. The first-order valence-electron chi connectivity index (χ1n) is 6.16. The summed E-state index contributed by atoms with van der Waals surface area (Å²) in [6.45, 7) is 3.26. The normalized spacial score (nSPS) is 11.7. The Balaban J connectivity index is 1.91. The Morgan fingerprint density at radius 1 is 1.19 bits per heavy atom. The Morgan fingerprint density at radius 3 is 2.33 bits per heavy atom. The fourth-order valence-corrected chi connectivity index (χ4v) is 3.13. The Morgan fingerprint density at radius 2 is 1.81 bits per heavy atom. The van der Waals surface area contributed by atoms with E-state index in [1.165, 1.54) is 30.0 Å². The lowest BCUT2D eigenvalue weighted by Crippen LogP contribution is -2.22. The zero-order valence-corrected chi connectivity index (χ0v) is 13.1. The summed E-state index contributed by atoms with van der Waals surface area (Å²) in [6.07, 6.45) is 0. The van der Waals surface area contributed by atoms with Crippen molar-refractivity contribution in [2.24, 2.45) is 0 Å². The molecule has 0 spiro atoms. The lowest BCUT2D eigenvalue weighted by molar-refractivity contribution is -0.115. The first-order chi connectivity index (χ1) is 10.0. The molecule has 0 unspecified atom stereocenters. The number of thioether (sulfide) groups is 1. The van der Waals surface area contributed by atoms with Gasteiger partial charge in [-0.25, -0.2) is 0 Å². The van der Waals surface area contributed by atoms with Crippen LogP contribution in [0.4, 0.5) is 11.4 Å². The van der Waals surface area contributed by atoms with Gasteiger partial charge in [0.15, 0.2) is 4.34 Å². The SMILES string of the molecule is CC(=O)Nc1ccc(NC(=O)[C@H](C)Sc2nncs2)cc1. The van der Waals surface area contributed by atoms with Gasteiger partial charge in [-0.3, -0.25) is 9.59 Å². The van der Waals surface area contributed by atoms with E-state index >= 15 is 0 Å². The van der Waals surface area contributed by atoms with Gasteiger partial charge in [0.2, 0.25) is 11.8 Å². The van der Waals surface area contributed by atoms with Crippen molar-refractivity contribution in [2.75, 3.05) is 10.6 Å². The first-order valence-corrected chi connectivity index (χ1v) is 7.92. The minimum absolute atomic E-state index is 0.109. The molecule has 110 valence electrons. The van der Waals surface area contributed by atoms with Crippen LogP contribution in [-0.2, 0) is 9.59 Å². The van der Waals surface area contributed by atoms with Crippen LogP contribution in [0.5, 0.6) is 0 Å². The number of nitrogens with zero attached hydrogens (tertiary/aromatic N) is 2. The van der Waals surface area contributed by atoms with Crippen molar-refractivity contribution in [1.29, 1.82) is 0 Å². The average molecular weight is 322 g/mol. The van der Waals surface area contributed by atoms with Crippen LogP contribution in [-0.4, -0.2) is 27.3 Å². The summed E-state index contributed by atoms with van der Waals surface area (Å²) in [7, 11) is 0. The van der Waals surface area contributed by atoms with E-state index in [9.17, 15) is 9.59 Å². The molecule has 0 aliphatic rings. The van der Waals surface area contributed by atoms with Gasteiger partial charge in [-0.2, -0.15) is 0 Å². The van der Waals surface area contributed by atoms with E-state index in [2.05, 4.69) is 20.8 Å². The van der Waals surface area contributed by atoms with Gasteiger partial charge in [0.1, 0.15) is 5.51 Å². The van der Waals surface area contributed by atoms with E-state index in [-0.39, 0.29) is 17.1 Å². The molecule has 2 amide bonds. The van der Waals surface area contributed by atoms with Crippen LogP contribution >= 0.6 is 23.1 Å². The summed E-state index contributed by atoms with van der Waals surface area (Å²) in [5.41, 5.74) is 3.00. The molecule has 8 heteroatoms. The monoisotopic (exact) mass is 322 g/mol. The summed E-state index contributed by atoms with van der Waals surface area (Å²) in [5.74, 6) is -0.239. The second kappa shape index (κ2) is 7.19. The number of amides is 2. The van der Waals surface area contributed by atoms with E-state index in [1.54, 1.807) is 29.8 Å². The van der Waals surface area contributed by atoms with Crippen LogP contribution in [0.25, 0.3) is 0 Å².